The Morgan fingerprint density at radius 3 is 2.94 bits per heavy atom. The van der Waals surface area contributed by atoms with Crippen LogP contribution in [0.15, 0.2) is 22.9 Å². The first-order chi connectivity index (χ1) is 7.63. The predicted octanol–water partition coefficient (Wildman–Crippen LogP) is 2.83. The van der Waals surface area contributed by atoms with E-state index in [-0.39, 0.29) is 5.56 Å². The molecule has 0 aliphatic carbocycles. The standard InChI is InChI=1S/C10H6BrClN2O2/c1-16-10(15)6-4-13-9-5(8(6)12)2-3-7(11)14-9/h2-4H,1H3. The topological polar surface area (TPSA) is 52.1 Å². The van der Waals surface area contributed by atoms with Gasteiger partial charge < -0.3 is 4.74 Å². The number of halogens is 2. The fourth-order valence-electron chi connectivity index (χ4n) is 1.27. The Kier molecular flexibility index (Phi) is 3.07. The van der Waals surface area contributed by atoms with Gasteiger partial charge in [-0.2, -0.15) is 0 Å². The molecule has 2 rings (SSSR count). The largest absolute Gasteiger partial charge is 0.465 e. The van der Waals surface area contributed by atoms with Crippen molar-refractivity contribution in [2.45, 2.75) is 0 Å². The van der Waals surface area contributed by atoms with E-state index in [9.17, 15) is 4.79 Å². The molecule has 0 aliphatic rings. The zero-order valence-corrected chi connectivity index (χ0v) is 10.5. The van der Waals surface area contributed by atoms with Gasteiger partial charge in [0.1, 0.15) is 4.60 Å². The molecule has 0 amide bonds. The molecule has 0 radical (unpaired) electrons. The highest BCUT2D eigenvalue weighted by molar-refractivity contribution is 9.10. The second kappa shape index (κ2) is 4.35. The van der Waals surface area contributed by atoms with E-state index in [1.165, 1.54) is 13.3 Å². The molecule has 2 heterocycles. The van der Waals surface area contributed by atoms with Gasteiger partial charge in [-0.05, 0) is 28.1 Å². The third-order valence-corrected chi connectivity index (χ3v) is 2.88. The van der Waals surface area contributed by atoms with Gasteiger partial charge in [-0.3, -0.25) is 0 Å². The zero-order chi connectivity index (χ0) is 11.7. The summed E-state index contributed by atoms with van der Waals surface area (Å²) in [4.78, 5) is 19.5. The normalized spacial score (nSPS) is 10.4. The van der Waals surface area contributed by atoms with Crippen molar-refractivity contribution in [1.29, 1.82) is 0 Å². The minimum absolute atomic E-state index is 0.237. The smallest absolute Gasteiger partial charge is 0.340 e. The molecule has 82 valence electrons. The third-order valence-electron chi connectivity index (χ3n) is 2.04. The highest BCUT2D eigenvalue weighted by Crippen LogP contribution is 2.26. The van der Waals surface area contributed by atoms with Crippen molar-refractivity contribution in [3.05, 3.63) is 33.5 Å². The number of pyridine rings is 2. The van der Waals surface area contributed by atoms with Crippen LogP contribution in [0.25, 0.3) is 11.0 Å². The lowest BCUT2D eigenvalue weighted by Gasteiger charge is -2.04. The highest BCUT2D eigenvalue weighted by Gasteiger charge is 2.14. The maximum Gasteiger partial charge on any atom is 0.340 e. The Bertz CT molecular complexity index is 574. The first kappa shape index (κ1) is 11.3. The van der Waals surface area contributed by atoms with Gasteiger partial charge in [0.15, 0.2) is 5.65 Å². The lowest BCUT2D eigenvalue weighted by molar-refractivity contribution is 0.0600. The first-order valence-corrected chi connectivity index (χ1v) is 5.49. The molecule has 0 aliphatic heterocycles. The Morgan fingerprint density at radius 2 is 2.25 bits per heavy atom. The van der Waals surface area contributed by atoms with E-state index in [0.717, 1.165) is 0 Å². The minimum Gasteiger partial charge on any atom is -0.465 e. The first-order valence-electron chi connectivity index (χ1n) is 4.32. The summed E-state index contributed by atoms with van der Waals surface area (Å²) in [6, 6.07) is 3.48. The number of methoxy groups -OCH3 is 1. The molecule has 0 N–H and O–H groups in total. The third kappa shape index (κ3) is 1.88. The SMILES string of the molecule is COC(=O)c1cnc2nc(Br)ccc2c1Cl. The molecule has 0 saturated carbocycles. The van der Waals surface area contributed by atoms with Crippen LogP contribution in [0, 0.1) is 0 Å². The number of rotatable bonds is 1. The van der Waals surface area contributed by atoms with Crippen LogP contribution in [-0.2, 0) is 4.74 Å². The van der Waals surface area contributed by atoms with E-state index >= 15 is 0 Å². The van der Waals surface area contributed by atoms with Gasteiger partial charge in [0.25, 0.3) is 0 Å². The summed E-state index contributed by atoms with van der Waals surface area (Å²) in [6.45, 7) is 0. The fourth-order valence-corrected chi connectivity index (χ4v) is 1.85. The second-order valence-corrected chi connectivity index (χ2v) is 4.17. The Morgan fingerprint density at radius 1 is 1.50 bits per heavy atom. The minimum atomic E-state index is -0.512. The lowest BCUT2D eigenvalue weighted by Crippen LogP contribution is -2.03. The molecule has 6 heteroatoms. The zero-order valence-electron chi connectivity index (χ0n) is 8.20. The van der Waals surface area contributed by atoms with Gasteiger partial charge in [0.05, 0.1) is 17.7 Å². The fraction of sp³-hybridized carbons (Fsp3) is 0.100. The van der Waals surface area contributed by atoms with Crippen LogP contribution >= 0.6 is 27.5 Å². The van der Waals surface area contributed by atoms with E-state index in [1.54, 1.807) is 12.1 Å². The van der Waals surface area contributed by atoms with Crippen LogP contribution in [0.1, 0.15) is 10.4 Å². The molecule has 2 aromatic heterocycles. The average molecular weight is 302 g/mol. The molecule has 0 bridgehead atoms. The number of aromatic nitrogens is 2. The van der Waals surface area contributed by atoms with E-state index in [0.29, 0.717) is 20.7 Å². The number of fused-ring (bicyclic) bond motifs is 1. The molecule has 0 saturated heterocycles. The Hall–Kier alpha value is -1.20. The van der Waals surface area contributed by atoms with Crippen molar-refractivity contribution in [2.75, 3.05) is 7.11 Å². The van der Waals surface area contributed by atoms with Crippen LogP contribution < -0.4 is 0 Å². The molecule has 2 aromatic rings. The lowest BCUT2D eigenvalue weighted by atomic mass is 10.2. The van der Waals surface area contributed by atoms with E-state index in [4.69, 9.17) is 11.6 Å². The molecule has 16 heavy (non-hydrogen) atoms. The maximum atomic E-state index is 11.4. The van der Waals surface area contributed by atoms with Crippen molar-refractivity contribution in [1.82, 2.24) is 9.97 Å². The summed E-state index contributed by atoms with van der Waals surface area (Å²) in [5, 5.41) is 0.921. The number of hydrogen-bond acceptors (Lipinski definition) is 4. The number of esters is 1. The summed E-state index contributed by atoms with van der Waals surface area (Å²) >= 11 is 9.30. The van der Waals surface area contributed by atoms with Gasteiger partial charge in [0, 0.05) is 11.6 Å². The summed E-state index contributed by atoms with van der Waals surface area (Å²) in [5.74, 6) is -0.512. The van der Waals surface area contributed by atoms with Crippen molar-refractivity contribution < 1.29 is 9.53 Å². The molecular formula is C10H6BrClN2O2. The van der Waals surface area contributed by atoms with Crippen LogP contribution in [0.5, 0.6) is 0 Å². The van der Waals surface area contributed by atoms with Crippen LogP contribution in [0.2, 0.25) is 5.02 Å². The number of ether oxygens (including phenoxy) is 1. The van der Waals surface area contributed by atoms with Crippen molar-refractivity contribution in [3.8, 4) is 0 Å². The molecule has 0 aromatic carbocycles. The van der Waals surface area contributed by atoms with Crippen LogP contribution in [0.3, 0.4) is 0 Å². The molecular weight excluding hydrogens is 295 g/mol. The number of carbonyl (C=O) groups is 1. The maximum absolute atomic E-state index is 11.4. The van der Waals surface area contributed by atoms with Crippen LogP contribution in [0.4, 0.5) is 0 Å². The summed E-state index contributed by atoms with van der Waals surface area (Å²) < 4.78 is 5.26. The Labute approximate surface area is 105 Å². The molecule has 0 fully saturated rings. The number of hydrogen-bond donors (Lipinski definition) is 0. The van der Waals surface area contributed by atoms with Crippen molar-refractivity contribution >= 4 is 44.5 Å². The monoisotopic (exact) mass is 300 g/mol. The quantitative estimate of drug-likeness (QED) is 0.600. The Balaban J connectivity index is 2.70. The molecule has 0 atom stereocenters. The van der Waals surface area contributed by atoms with Gasteiger partial charge in [-0.25, -0.2) is 14.8 Å². The summed E-state index contributed by atoms with van der Waals surface area (Å²) in [7, 11) is 1.29. The second-order valence-electron chi connectivity index (χ2n) is 2.98. The average Bonchev–Trinajstić information content (AvgIpc) is 2.28. The van der Waals surface area contributed by atoms with E-state index < -0.39 is 5.97 Å². The van der Waals surface area contributed by atoms with Crippen LogP contribution in [-0.4, -0.2) is 23.0 Å². The van der Waals surface area contributed by atoms with Gasteiger partial charge in [-0.1, -0.05) is 11.6 Å². The van der Waals surface area contributed by atoms with Gasteiger partial charge in [0.2, 0.25) is 0 Å². The summed E-state index contributed by atoms with van der Waals surface area (Å²) in [6.07, 6.45) is 1.36. The summed E-state index contributed by atoms with van der Waals surface area (Å²) in [5.41, 5.74) is 0.716. The molecule has 0 unspecified atom stereocenters. The van der Waals surface area contributed by atoms with Crippen molar-refractivity contribution in [3.63, 3.8) is 0 Å². The van der Waals surface area contributed by atoms with Gasteiger partial charge in [-0.15, -0.1) is 0 Å². The van der Waals surface area contributed by atoms with Crippen molar-refractivity contribution in [2.24, 2.45) is 0 Å². The molecule has 0 spiro atoms. The number of nitrogens with zero attached hydrogens (tertiary/aromatic N) is 2. The number of carbonyl (C=O) groups excluding carboxylic acids is 1. The highest BCUT2D eigenvalue weighted by atomic mass is 79.9. The van der Waals surface area contributed by atoms with E-state index in [1.807, 2.05) is 0 Å². The van der Waals surface area contributed by atoms with Gasteiger partial charge >= 0.3 is 5.97 Å². The van der Waals surface area contributed by atoms with E-state index in [2.05, 4.69) is 30.6 Å². The predicted molar refractivity (Wildman–Crippen MR) is 63.6 cm³/mol. The molecule has 4 nitrogen and oxygen atoms in total.